The standard InChI is InChI=1S/C42H60O2/c1-33(26-27-40-36(4)24-20-30-42(40,9)10)21-18-22-34(2)28-32-44-38(6)37(5)43-31-17-15-13-11-12-14-16-25-39-35(3)23-19-29-41(39,7)8/h11-18,21-22,25-28H,19-20,23-24,29-32H2,1-10H3/b13-11+,14-12+,17-15+,22-18+,25-16+,27-26+,33-21+,34-28+,38-37+. The molecule has 0 aromatic carbocycles. The van der Waals surface area contributed by atoms with Gasteiger partial charge in [-0.05, 0) is 114 Å². The average molecular weight is 597 g/mol. The van der Waals surface area contributed by atoms with Crippen LogP contribution in [0, 0.1) is 10.8 Å². The third kappa shape index (κ3) is 13.2. The Kier molecular flexibility index (Phi) is 15.5. The molecule has 0 amide bonds. The van der Waals surface area contributed by atoms with Gasteiger partial charge < -0.3 is 9.47 Å². The van der Waals surface area contributed by atoms with Crippen LogP contribution in [0.25, 0.3) is 0 Å². The molecule has 2 nitrogen and oxygen atoms in total. The maximum Gasteiger partial charge on any atom is 0.131 e. The molecule has 44 heavy (non-hydrogen) atoms. The summed E-state index contributed by atoms with van der Waals surface area (Å²) in [7, 11) is 0. The SMILES string of the molecule is CC1=C(/C=C/C=C/C=C/C=C/CO/C(C)=C(\C)OC/C=C(C)/C=C/C=C(C)/C=C/C2=C(C)CCCC2(C)C)C(C)(C)CCC1. The molecule has 0 aliphatic heterocycles. The quantitative estimate of drug-likeness (QED) is 0.147. The molecule has 0 heterocycles. The topological polar surface area (TPSA) is 18.5 Å². The fourth-order valence-corrected chi connectivity index (χ4v) is 5.93. The Morgan fingerprint density at radius 3 is 1.73 bits per heavy atom. The molecule has 0 atom stereocenters. The molecule has 0 radical (unpaired) electrons. The first-order valence-electron chi connectivity index (χ1n) is 16.5. The van der Waals surface area contributed by atoms with Gasteiger partial charge in [-0.25, -0.2) is 0 Å². The first-order chi connectivity index (χ1) is 20.8. The predicted molar refractivity (Wildman–Crippen MR) is 193 cm³/mol. The number of ether oxygens (including phenoxy) is 2. The van der Waals surface area contributed by atoms with Crippen molar-refractivity contribution in [2.45, 2.75) is 108 Å². The van der Waals surface area contributed by atoms with Crippen molar-refractivity contribution < 1.29 is 9.47 Å². The van der Waals surface area contributed by atoms with Gasteiger partial charge in [-0.1, -0.05) is 123 Å². The molecule has 0 spiro atoms. The summed E-state index contributed by atoms with van der Waals surface area (Å²) in [6.45, 7) is 23.2. The third-order valence-electron chi connectivity index (χ3n) is 8.87. The highest BCUT2D eigenvalue weighted by Crippen LogP contribution is 2.41. The fourth-order valence-electron chi connectivity index (χ4n) is 5.93. The predicted octanol–water partition coefficient (Wildman–Crippen LogP) is 12.6. The molecular formula is C42H60O2. The molecular weight excluding hydrogens is 536 g/mol. The Labute approximate surface area is 270 Å². The van der Waals surface area contributed by atoms with Crippen LogP contribution in [-0.2, 0) is 9.47 Å². The van der Waals surface area contributed by atoms with E-state index in [1.54, 1.807) is 0 Å². The minimum atomic E-state index is 0.275. The van der Waals surface area contributed by atoms with Crippen LogP contribution in [0.1, 0.15) is 108 Å². The summed E-state index contributed by atoms with van der Waals surface area (Å²) in [4.78, 5) is 0. The number of hydrogen-bond donors (Lipinski definition) is 0. The van der Waals surface area contributed by atoms with Crippen LogP contribution in [0.15, 0.2) is 130 Å². The molecule has 0 fully saturated rings. The Hall–Kier alpha value is -3.26. The van der Waals surface area contributed by atoms with Crippen molar-refractivity contribution in [2.75, 3.05) is 13.2 Å². The molecule has 0 saturated heterocycles. The first-order valence-corrected chi connectivity index (χ1v) is 16.5. The maximum absolute atomic E-state index is 5.89. The Morgan fingerprint density at radius 1 is 0.614 bits per heavy atom. The summed E-state index contributed by atoms with van der Waals surface area (Å²) < 4.78 is 11.7. The summed E-state index contributed by atoms with van der Waals surface area (Å²) in [5.41, 5.74) is 9.04. The van der Waals surface area contributed by atoms with E-state index in [0.717, 1.165) is 11.5 Å². The normalized spacial score (nSPS) is 20.9. The van der Waals surface area contributed by atoms with E-state index in [-0.39, 0.29) is 10.8 Å². The second-order valence-electron chi connectivity index (χ2n) is 13.7. The van der Waals surface area contributed by atoms with Gasteiger partial charge in [0.2, 0.25) is 0 Å². The van der Waals surface area contributed by atoms with Crippen LogP contribution in [0.3, 0.4) is 0 Å². The molecule has 0 aromatic rings. The molecule has 240 valence electrons. The highest BCUT2D eigenvalue weighted by atomic mass is 16.5. The van der Waals surface area contributed by atoms with Gasteiger partial charge in [0.25, 0.3) is 0 Å². The minimum Gasteiger partial charge on any atom is -0.491 e. The highest BCUT2D eigenvalue weighted by molar-refractivity contribution is 5.37. The summed E-state index contributed by atoms with van der Waals surface area (Å²) in [6.07, 6.45) is 37.3. The van der Waals surface area contributed by atoms with E-state index in [2.05, 4.69) is 116 Å². The van der Waals surface area contributed by atoms with Gasteiger partial charge in [0, 0.05) is 0 Å². The number of allylic oxidation sites excluding steroid dienone is 20. The summed E-state index contributed by atoms with van der Waals surface area (Å²) in [5.74, 6) is 1.61. The van der Waals surface area contributed by atoms with E-state index in [1.807, 2.05) is 38.2 Å². The lowest BCUT2D eigenvalue weighted by molar-refractivity contribution is 0.185. The molecule has 2 heteroatoms. The van der Waals surface area contributed by atoms with E-state index < -0.39 is 0 Å². The van der Waals surface area contributed by atoms with Crippen LogP contribution in [0.4, 0.5) is 0 Å². The maximum atomic E-state index is 5.89. The monoisotopic (exact) mass is 596 g/mol. The summed E-state index contributed by atoms with van der Waals surface area (Å²) >= 11 is 0. The Balaban J connectivity index is 1.72. The molecule has 0 unspecified atom stereocenters. The Bertz CT molecular complexity index is 1290. The van der Waals surface area contributed by atoms with Crippen molar-refractivity contribution >= 4 is 0 Å². The van der Waals surface area contributed by atoms with Gasteiger partial charge in [0.1, 0.15) is 24.7 Å². The molecule has 2 aliphatic carbocycles. The zero-order chi connectivity index (χ0) is 32.6. The molecule has 0 saturated carbocycles. The smallest absolute Gasteiger partial charge is 0.131 e. The van der Waals surface area contributed by atoms with Gasteiger partial charge in [0.05, 0.1) is 0 Å². The number of hydrogen-bond acceptors (Lipinski definition) is 2. The van der Waals surface area contributed by atoms with Crippen LogP contribution >= 0.6 is 0 Å². The van der Waals surface area contributed by atoms with E-state index in [0.29, 0.717) is 13.2 Å². The second kappa shape index (κ2) is 18.5. The van der Waals surface area contributed by atoms with Crippen LogP contribution in [-0.4, -0.2) is 13.2 Å². The zero-order valence-corrected chi connectivity index (χ0v) is 29.6. The van der Waals surface area contributed by atoms with Crippen molar-refractivity contribution in [3.8, 4) is 0 Å². The fraction of sp³-hybridized carbons (Fsp3) is 0.476. The van der Waals surface area contributed by atoms with E-state index in [9.17, 15) is 0 Å². The van der Waals surface area contributed by atoms with Crippen molar-refractivity contribution in [1.82, 2.24) is 0 Å². The Morgan fingerprint density at radius 2 is 1.14 bits per heavy atom. The van der Waals surface area contributed by atoms with Crippen molar-refractivity contribution in [2.24, 2.45) is 10.8 Å². The molecule has 0 bridgehead atoms. The summed E-state index contributed by atoms with van der Waals surface area (Å²) in [5, 5.41) is 0. The first kappa shape index (κ1) is 36.9. The zero-order valence-electron chi connectivity index (χ0n) is 29.6. The van der Waals surface area contributed by atoms with Crippen LogP contribution in [0.5, 0.6) is 0 Å². The van der Waals surface area contributed by atoms with Crippen molar-refractivity contribution in [1.29, 1.82) is 0 Å². The van der Waals surface area contributed by atoms with Gasteiger partial charge >= 0.3 is 0 Å². The van der Waals surface area contributed by atoms with E-state index in [1.165, 1.54) is 72.0 Å². The van der Waals surface area contributed by atoms with Crippen molar-refractivity contribution in [3.63, 3.8) is 0 Å². The van der Waals surface area contributed by atoms with Crippen LogP contribution < -0.4 is 0 Å². The average Bonchev–Trinajstić information content (AvgIpc) is 2.94. The number of rotatable bonds is 14. The van der Waals surface area contributed by atoms with E-state index >= 15 is 0 Å². The van der Waals surface area contributed by atoms with Crippen molar-refractivity contribution in [3.05, 3.63) is 130 Å². The van der Waals surface area contributed by atoms with Gasteiger partial charge in [-0.2, -0.15) is 0 Å². The molecule has 2 aliphatic rings. The van der Waals surface area contributed by atoms with Gasteiger partial charge in [0.15, 0.2) is 0 Å². The van der Waals surface area contributed by atoms with Gasteiger partial charge in [-0.15, -0.1) is 0 Å². The summed E-state index contributed by atoms with van der Waals surface area (Å²) in [6, 6.07) is 0. The minimum absolute atomic E-state index is 0.275. The molecule has 0 aromatic heterocycles. The molecule has 0 N–H and O–H groups in total. The third-order valence-corrected chi connectivity index (χ3v) is 8.87. The lowest BCUT2D eigenvalue weighted by Crippen LogP contribution is -2.19. The van der Waals surface area contributed by atoms with Crippen LogP contribution in [0.2, 0.25) is 0 Å². The molecule has 2 rings (SSSR count). The lowest BCUT2D eigenvalue weighted by atomic mass is 9.72. The lowest BCUT2D eigenvalue weighted by Gasteiger charge is -2.32. The van der Waals surface area contributed by atoms with Gasteiger partial charge in [-0.3, -0.25) is 0 Å². The highest BCUT2D eigenvalue weighted by Gasteiger charge is 2.27. The van der Waals surface area contributed by atoms with E-state index in [4.69, 9.17) is 9.47 Å². The largest absolute Gasteiger partial charge is 0.491 e. The second-order valence-corrected chi connectivity index (χ2v) is 13.7.